The second kappa shape index (κ2) is 6.09. The van der Waals surface area contributed by atoms with Crippen LogP contribution in [0.5, 0.6) is 0 Å². The highest BCUT2D eigenvalue weighted by Gasteiger charge is 2.11. The highest BCUT2D eigenvalue weighted by Crippen LogP contribution is 2.24. The summed E-state index contributed by atoms with van der Waals surface area (Å²) in [5.41, 5.74) is 1.91. The number of rotatable bonds is 5. The van der Waals surface area contributed by atoms with Gasteiger partial charge in [-0.25, -0.2) is 4.39 Å². The van der Waals surface area contributed by atoms with E-state index in [1.165, 1.54) is 12.1 Å². The molecule has 0 aliphatic rings. The number of benzene rings is 1. The van der Waals surface area contributed by atoms with E-state index < -0.39 is 0 Å². The van der Waals surface area contributed by atoms with Crippen LogP contribution in [-0.2, 0) is 5.88 Å². The molecule has 1 nitrogen and oxygen atoms in total. The van der Waals surface area contributed by atoms with Gasteiger partial charge in [0.25, 0.3) is 0 Å². The molecule has 0 fully saturated rings. The Hall–Kier alpha value is -0.760. The third-order valence-corrected chi connectivity index (χ3v) is 2.78. The third kappa shape index (κ3) is 3.38. The molecule has 0 heterocycles. The van der Waals surface area contributed by atoms with E-state index in [1.54, 1.807) is 0 Å². The van der Waals surface area contributed by atoms with Crippen molar-refractivity contribution >= 4 is 17.3 Å². The van der Waals surface area contributed by atoms with Crippen LogP contribution in [0.25, 0.3) is 0 Å². The zero-order valence-corrected chi connectivity index (χ0v) is 10.9. The van der Waals surface area contributed by atoms with Crippen LogP contribution in [0.15, 0.2) is 18.2 Å². The fourth-order valence-corrected chi connectivity index (χ4v) is 2.02. The van der Waals surface area contributed by atoms with Gasteiger partial charge in [-0.05, 0) is 36.6 Å². The maximum absolute atomic E-state index is 13.1. The van der Waals surface area contributed by atoms with Gasteiger partial charge in [-0.2, -0.15) is 0 Å². The molecule has 1 rings (SSSR count). The molecule has 1 aromatic rings. The lowest BCUT2D eigenvalue weighted by Gasteiger charge is -2.27. The molecule has 0 spiro atoms. The van der Waals surface area contributed by atoms with Gasteiger partial charge in [0, 0.05) is 24.7 Å². The van der Waals surface area contributed by atoms with Gasteiger partial charge in [0.05, 0.1) is 0 Å². The Labute approximate surface area is 102 Å². The molecule has 0 N–H and O–H groups in total. The molecular weight excluding hydrogens is 225 g/mol. The van der Waals surface area contributed by atoms with Crippen molar-refractivity contribution in [3.05, 3.63) is 29.6 Å². The lowest BCUT2D eigenvalue weighted by Crippen LogP contribution is -2.28. The number of alkyl halides is 1. The fraction of sp³-hybridized carbons (Fsp3) is 0.538. The van der Waals surface area contributed by atoms with Crippen LogP contribution in [0.4, 0.5) is 10.1 Å². The molecule has 0 bridgehead atoms. The zero-order chi connectivity index (χ0) is 12.1. The van der Waals surface area contributed by atoms with Gasteiger partial charge in [0.15, 0.2) is 0 Å². The Morgan fingerprint density at radius 3 is 2.56 bits per heavy atom. The maximum Gasteiger partial charge on any atom is 0.123 e. The molecule has 0 aliphatic heterocycles. The Bertz CT molecular complexity index is 339. The van der Waals surface area contributed by atoms with Gasteiger partial charge >= 0.3 is 0 Å². The SMILES string of the molecule is CCN(CC(C)C)c1ccc(F)cc1CCl. The first-order chi connectivity index (χ1) is 7.58. The van der Waals surface area contributed by atoms with Crippen LogP contribution < -0.4 is 4.90 Å². The van der Waals surface area contributed by atoms with E-state index in [-0.39, 0.29) is 5.82 Å². The fourth-order valence-electron chi connectivity index (χ4n) is 1.81. The average molecular weight is 244 g/mol. The molecule has 0 atom stereocenters. The van der Waals surface area contributed by atoms with Crippen molar-refractivity contribution in [3.8, 4) is 0 Å². The van der Waals surface area contributed by atoms with Crippen LogP contribution in [0, 0.1) is 11.7 Å². The molecule has 0 aliphatic carbocycles. The van der Waals surface area contributed by atoms with Crippen molar-refractivity contribution in [2.45, 2.75) is 26.7 Å². The van der Waals surface area contributed by atoms with Gasteiger partial charge in [0.2, 0.25) is 0 Å². The van der Waals surface area contributed by atoms with Crippen molar-refractivity contribution in [2.75, 3.05) is 18.0 Å². The summed E-state index contributed by atoms with van der Waals surface area (Å²) in [5.74, 6) is 0.704. The largest absolute Gasteiger partial charge is 0.371 e. The number of hydrogen-bond acceptors (Lipinski definition) is 1. The van der Waals surface area contributed by atoms with Gasteiger partial charge in [0.1, 0.15) is 5.82 Å². The van der Waals surface area contributed by atoms with E-state index in [1.807, 2.05) is 6.07 Å². The Morgan fingerprint density at radius 1 is 1.38 bits per heavy atom. The van der Waals surface area contributed by atoms with Crippen molar-refractivity contribution in [2.24, 2.45) is 5.92 Å². The molecule has 3 heteroatoms. The number of nitrogens with zero attached hydrogens (tertiary/aromatic N) is 1. The molecule has 0 saturated carbocycles. The Balaban J connectivity index is 2.99. The van der Waals surface area contributed by atoms with E-state index in [0.29, 0.717) is 11.8 Å². The molecule has 1 aromatic carbocycles. The molecule has 0 radical (unpaired) electrons. The number of anilines is 1. The van der Waals surface area contributed by atoms with Crippen molar-refractivity contribution < 1.29 is 4.39 Å². The second-order valence-electron chi connectivity index (χ2n) is 4.34. The van der Waals surface area contributed by atoms with Crippen LogP contribution >= 0.6 is 11.6 Å². The lowest BCUT2D eigenvalue weighted by molar-refractivity contribution is 0.612. The van der Waals surface area contributed by atoms with Gasteiger partial charge in [-0.1, -0.05) is 13.8 Å². The highest BCUT2D eigenvalue weighted by molar-refractivity contribution is 6.17. The molecule has 0 amide bonds. The van der Waals surface area contributed by atoms with E-state index in [2.05, 4.69) is 25.7 Å². The Morgan fingerprint density at radius 2 is 2.06 bits per heavy atom. The van der Waals surface area contributed by atoms with E-state index in [4.69, 9.17) is 11.6 Å². The first-order valence-electron chi connectivity index (χ1n) is 5.67. The molecule has 0 unspecified atom stereocenters. The smallest absolute Gasteiger partial charge is 0.123 e. The van der Waals surface area contributed by atoms with Crippen LogP contribution in [0.3, 0.4) is 0 Å². The van der Waals surface area contributed by atoms with Gasteiger partial charge < -0.3 is 4.90 Å². The first-order valence-corrected chi connectivity index (χ1v) is 6.21. The minimum Gasteiger partial charge on any atom is -0.371 e. The van der Waals surface area contributed by atoms with Crippen molar-refractivity contribution in [1.82, 2.24) is 0 Å². The Kier molecular flexibility index (Phi) is 5.07. The summed E-state index contributed by atoms with van der Waals surface area (Å²) in [5, 5.41) is 0. The molecular formula is C13H19ClFN. The van der Waals surface area contributed by atoms with Crippen LogP contribution in [-0.4, -0.2) is 13.1 Å². The van der Waals surface area contributed by atoms with Crippen LogP contribution in [0.2, 0.25) is 0 Å². The van der Waals surface area contributed by atoms with Gasteiger partial charge in [-0.3, -0.25) is 0 Å². The normalized spacial score (nSPS) is 10.9. The quantitative estimate of drug-likeness (QED) is 0.706. The summed E-state index contributed by atoms with van der Waals surface area (Å²) in [4.78, 5) is 2.24. The summed E-state index contributed by atoms with van der Waals surface area (Å²) in [6.07, 6.45) is 0. The minimum absolute atomic E-state index is 0.222. The predicted octanol–water partition coefficient (Wildman–Crippen LogP) is 4.05. The van der Waals surface area contributed by atoms with Crippen LogP contribution in [0.1, 0.15) is 26.3 Å². The molecule has 16 heavy (non-hydrogen) atoms. The zero-order valence-electron chi connectivity index (χ0n) is 10.1. The molecule has 0 saturated heterocycles. The van der Waals surface area contributed by atoms with Gasteiger partial charge in [-0.15, -0.1) is 11.6 Å². The van der Waals surface area contributed by atoms with E-state index >= 15 is 0 Å². The maximum atomic E-state index is 13.1. The molecule has 90 valence electrons. The second-order valence-corrected chi connectivity index (χ2v) is 4.61. The highest BCUT2D eigenvalue weighted by atomic mass is 35.5. The summed E-state index contributed by atoms with van der Waals surface area (Å²) < 4.78 is 13.1. The summed E-state index contributed by atoms with van der Waals surface area (Å²) >= 11 is 5.85. The number of halogens is 2. The predicted molar refractivity (Wildman–Crippen MR) is 68.7 cm³/mol. The lowest BCUT2D eigenvalue weighted by atomic mass is 10.1. The third-order valence-electron chi connectivity index (χ3n) is 2.49. The number of hydrogen-bond donors (Lipinski definition) is 0. The standard InChI is InChI=1S/C13H19ClFN/c1-4-16(9-10(2)3)13-6-5-12(15)7-11(13)8-14/h5-7,10H,4,8-9H2,1-3H3. The van der Waals surface area contributed by atoms with E-state index in [0.717, 1.165) is 24.3 Å². The molecule has 0 aromatic heterocycles. The van der Waals surface area contributed by atoms with E-state index in [9.17, 15) is 4.39 Å². The minimum atomic E-state index is -0.222. The monoisotopic (exact) mass is 243 g/mol. The summed E-state index contributed by atoms with van der Waals surface area (Å²) in [6, 6.07) is 4.83. The van der Waals surface area contributed by atoms with Crippen molar-refractivity contribution in [3.63, 3.8) is 0 Å². The summed E-state index contributed by atoms with van der Waals surface area (Å²) in [7, 11) is 0. The average Bonchev–Trinajstić information content (AvgIpc) is 2.25. The first kappa shape index (κ1) is 13.3. The summed E-state index contributed by atoms with van der Waals surface area (Å²) in [6.45, 7) is 8.32. The topological polar surface area (TPSA) is 3.24 Å². The van der Waals surface area contributed by atoms with Crippen molar-refractivity contribution in [1.29, 1.82) is 0 Å².